The van der Waals surface area contributed by atoms with E-state index in [2.05, 4.69) is 0 Å². The predicted octanol–water partition coefficient (Wildman–Crippen LogP) is 2.51. The summed E-state index contributed by atoms with van der Waals surface area (Å²) in [6, 6.07) is 4.51. The molecule has 0 amide bonds. The molecule has 8 heteroatoms. The maximum atomic E-state index is 13.2. The fourth-order valence-corrected chi connectivity index (χ4v) is 7.22. The molecule has 2 atom stereocenters. The van der Waals surface area contributed by atoms with Crippen LogP contribution < -0.4 is 4.74 Å². The number of rotatable bonds is 6. The second-order valence-electron chi connectivity index (χ2n) is 7.42. The van der Waals surface area contributed by atoms with Crippen molar-refractivity contribution in [1.29, 1.82) is 0 Å². The maximum Gasteiger partial charge on any atom is 0.243 e. The van der Waals surface area contributed by atoms with E-state index in [4.69, 9.17) is 4.74 Å². The van der Waals surface area contributed by atoms with Gasteiger partial charge in [0.25, 0.3) is 0 Å². The Kier molecular flexibility index (Phi) is 5.38. The van der Waals surface area contributed by atoms with Crippen LogP contribution in [-0.4, -0.2) is 51.3 Å². The molecule has 146 valence electrons. The molecular weight excluding hydrogens is 374 g/mol. The second-order valence-corrected chi connectivity index (χ2v) is 11.6. The van der Waals surface area contributed by atoms with Crippen LogP contribution in [0.5, 0.6) is 5.75 Å². The van der Waals surface area contributed by atoms with Crippen molar-refractivity contribution in [2.24, 2.45) is 0 Å². The van der Waals surface area contributed by atoms with Gasteiger partial charge in [-0.1, -0.05) is 6.92 Å². The molecule has 1 aromatic rings. The third kappa shape index (κ3) is 3.64. The van der Waals surface area contributed by atoms with E-state index in [0.29, 0.717) is 25.2 Å². The lowest BCUT2D eigenvalue weighted by Crippen LogP contribution is -2.49. The summed E-state index contributed by atoms with van der Waals surface area (Å²) in [5, 5.41) is -0.432. The van der Waals surface area contributed by atoms with Gasteiger partial charge < -0.3 is 4.74 Å². The van der Waals surface area contributed by atoms with Gasteiger partial charge in [-0.05, 0) is 62.8 Å². The van der Waals surface area contributed by atoms with Crippen molar-refractivity contribution in [3.05, 3.63) is 23.8 Å². The van der Waals surface area contributed by atoms with E-state index in [-0.39, 0.29) is 17.0 Å². The largest absolute Gasteiger partial charge is 0.493 e. The Morgan fingerprint density at radius 2 is 1.73 bits per heavy atom. The minimum atomic E-state index is -3.64. The van der Waals surface area contributed by atoms with Crippen LogP contribution in [0.4, 0.5) is 0 Å². The highest BCUT2D eigenvalue weighted by atomic mass is 32.2. The Morgan fingerprint density at radius 1 is 1.12 bits per heavy atom. The molecule has 2 heterocycles. The number of aryl methyl sites for hydroxylation is 1. The van der Waals surface area contributed by atoms with Gasteiger partial charge in [-0.25, -0.2) is 16.8 Å². The molecule has 1 aromatic carbocycles. The quantitative estimate of drug-likeness (QED) is 0.732. The topological polar surface area (TPSA) is 80.8 Å². The lowest BCUT2D eigenvalue weighted by Gasteiger charge is -2.37. The molecule has 6 nitrogen and oxygen atoms in total. The van der Waals surface area contributed by atoms with Crippen LogP contribution >= 0.6 is 0 Å². The standard InChI is InChI=1S/C18H27NO5S2/c1-4-9-24-18-8-7-16(10-13(18)2)26(22,23)19-14-5-6-15(19)12-17(11-14)25(3,20)21/h7-8,10,14-15,17H,4-6,9,11-12H2,1-3H3. The van der Waals surface area contributed by atoms with Crippen molar-refractivity contribution in [2.45, 2.75) is 68.2 Å². The molecule has 2 unspecified atom stereocenters. The zero-order chi connectivity index (χ0) is 19.1. The molecule has 0 radical (unpaired) electrons. The SMILES string of the molecule is CCCOc1ccc(S(=O)(=O)N2C3CCC2CC(S(C)(=O)=O)C3)cc1C. The smallest absolute Gasteiger partial charge is 0.243 e. The van der Waals surface area contributed by atoms with Gasteiger partial charge in [-0.3, -0.25) is 0 Å². The monoisotopic (exact) mass is 401 g/mol. The first-order chi connectivity index (χ1) is 12.1. The van der Waals surface area contributed by atoms with Crippen LogP contribution in [0.15, 0.2) is 23.1 Å². The van der Waals surface area contributed by atoms with Gasteiger partial charge in [-0.2, -0.15) is 4.31 Å². The lowest BCUT2D eigenvalue weighted by molar-refractivity contribution is 0.249. The molecule has 0 N–H and O–H groups in total. The number of hydrogen-bond donors (Lipinski definition) is 0. The summed E-state index contributed by atoms with van der Waals surface area (Å²) >= 11 is 0. The number of nitrogens with zero attached hydrogens (tertiary/aromatic N) is 1. The summed E-state index contributed by atoms with van der Waals surface area (Å²) in [5.74, 6) is 0.699. The number of fused-ring (bicyclic) bond motifs is 2. The zero-order valence-electron chi connectivity index (χ0n) is 15.5. The Morgan fingerprint density at radius 3 is 2.23 bits per heavy atom. The van der Waals surface area contributed by atoms with Crippen LogP contribution in [0.3, 0.4) is 0 Å². The number of hydrogen-bond acceptors (Lipinski definition) is 5. The van der Waals surface area contributed by atoms with Gasteiger partial charge >= 0.3 is 0 Å². The van der Waals surface area contributed by atoms with Gasteiger partial charge in [0.1, 0.15) is 15.6 Å². The van der Waals surface area contributed by atoms with Crippen molar-refractivity contribution in [2.75, 3.05) is 12.9 Å². The average molecular weight is 402 g/mol. The molecule has 0 aromatic heterocycles. The van der Waals surface area contributed by atoms with Crippen molar-refractivity contribution < 1.29 is 21.6 Å². The van der Waals surface area contributed by atoms with E-state index in [9.17, 15) is 16.8 Å². The summed E-state index contributed by atoms with van der Waals surface area (Å²) in [7, 11) is -6.79. The second kappa shape index (κ2) is 7.13. The van der Waals surface area contributed by atoms with Crippen molar-refractivity contribution in [1.82, 2.24) is 4.31 Å². The van der Waals surface area contributed by atoms with E-state index in [1.165, 1.54) is 6.26 Å². The van der Waals surface area contributed by atoms with E-state index < -0.39 is 25.1 Å². The molecule has 2 aliphatic rings. The Balaban J connectivity index is 1.86. The fraction of sp³-hybridized carbons (Fsp3) is 0.667. The summed E-state index contributed by atoms with van der Waals surface area (Å²) in [4.78, 5) is 0.258. The number of sulfone groups is 1. The van der Waals surface area contributed by atoms with E-state index in [0.717, 1.165) is 24.8 Å². The van der Waals surface area contributed by atoms with Gasteiger partial charge in [0, 0.05) is 18.3 Å². The van der Waals surface area contributed by atoms with Crippen molar-refractivity contribution in [3.63, 3.8) is 0 Å². The Bertz CT molecular complexity index is 865. The Labute approximate surface area is 156 Å². The van der Waals surface area contributed by atoms with Crippen LogP contribution in [0.25, 0.3) is 0 Å². The minimum absolute atomic E-state index is 0.227. The summed E-state index contributed by atoms with van der Waals surface area (Å²) in [6.45, 7) is 4.45. The number of ether oxygens (including phenoxy) is 1. The molecule has 2 bridgehead atoms. The van der Waals surface area contributed by atoms with Gasteiger partial charge in [0.15, 0.2) is 0 Å². The van der Waals surface area contributed by atoms with E-state index in [1.54, 1.807) is 22.5 Å². The first-order valence-electron chi connectivity index (χ1n) is 9.10. The van der Waals surface area contributed by atoms with Crippen LogP contribution in [0, 0.1) is 6.92 Å². The zero-order valence-corrected chi connectivity index (χ0v) is 17.1. The molecule has 2 fully saturated rings. The molecule has 0 spiro atoms. The normalized spacial score (nSPS) is 26.8. The highest BCUT2D eigenvalue weighted by molar-refractivity contribution is 7.91. The molecule has 2 saturated heterocycles. The van der Waals surface area contributed by atoms with E-state index in [1.807, 2.05) is 13.8 Å². The van der Waals surface area contributed by atoms with Crippen molar-refractivity contribution >= 4 is 19.9 Å². The van der Waals surface area contributed by atoms with Crippen molar-refractivity contribution in [3.8, 4) is 5.75 Å². The maximum absolute atomic E-state index is 13.2. The molecule has 3 rings (SSSR count). The Hall–Kier alpha value is -1.12. The molecule has 0 aliphatic carbocycles. The lowest BCUT2D eigenvalue weighted by atomic mass is 10.1. The molecular formula is C18H27NO5S2. The van der Waals surface area contributed by atoms with Crippen LogP contribution in [-0.2, 0) is 19.9 Å². The summed E-state index contributed by atoms with van der Waals surface area (Å²) < 4.78 is 57.5. The van der Waals surface area contributed by atoms with Gasteiger partial charge in [0.2, 0.25) is 10.0 Å². The van der Waals surface area contributed by atoms with Gasteiger partial charge in [-0.15, -0.1) is 0 Å². The van der Waals surface area contributed by atoms with E-state index >= 15 is 0 Å². The number of sulfonamides is 1. The third-order valence-corrected chi connectivity index (χ3v) is 9.01. The molecule has 2 aliphatic heterocycles. The number of benzene rings is 1. The minimum Gasteiger partial charge on any atom is -0.493 e. The average Bonchev–Trinajstić information content (AvgIpc) is 2.84. The van der Waals surface area contributed by atoms with Crippen LogP contribution in [0.2, 0.25) is 0 Å². The summed E-state index contributed by atoms with van der Waals surface area (Å²) in [6.07, 6.45) is 4.38. The number of piperidine rings is 1. The third-order valence-electron chi connectivity index (χ3n) is 5.41. The van der Waals surface area contributed by atoms with Gasteiger partial charge in [0.05, 0.1) is 16.8 Å². The first-order valence-corrected chi connectivity index (χ1v) is 12.5. The first kappa shape index (κ1) is 19.6. The molecule has 26 heavy (non-hydrogen) atoms. The summed E-state index contributed by atoms with van der Waals surface area (Å²) in [5.41, 5.74) is 0.790. The molecule has 0 saturated carbocycles. The predicted molar refractivity (Wildman–Crippen MR) is 101 cm³/mol. The highest BCUT2D eigenvalue weighted by Crippen LogP contribution is 2.41. The fourth-order valence-electron chi connectivity index (χ4n) is 4.10. The highest BCUT2D eigenvalue weighted by Gasteiger charge is 2.49. The van der Waals surface area contributed by atoms with Crippen LogP contribution in [0.1, 0.15) is 44.6 Å².